The van der Waals surface area contributed by atoms with Crippen LogP contribution in [-0.2, 0) is 9.47 Å². The minimum absolute atomic E-state index is 1.11. The van der Waals surface area contributed by atoms with Crippen LogP contribution in [0.4, 0.5) is 26.3 Å². The fraction of sp³-hybridized carbons (Fsp3) is 1.00. The Labute approximate surface area is 96.4 Å². The highest BCUT2D eigenvalue weighted by Crippen LogP contribution is 2.27. The van der Waals surface area contributed by atoms with E-state index in [-0.39, 0.29) is 0 Å². The summed E-state index contributed by atoms with van der Waals surface area (Å²) in [6.07, 6.45) is -8.67. The van der Waals surface area contributed by atoms with Crippen LogP contribution in [0.2, 0.25) is 0 Å². The lowest BCUT2D eigenvalue weighted by molar-refractivity contribution is -0.290. The van der Waals surface area contributed by atoms with Gasteiger partial charge in [-0.05, 0) is 0 Å². The van der Waals surface area contributed by atoms with Crippen molar-refractivity contribution in [3.8, 4) is 0 Å². The first-order valence-electron chi connectivity index (χ1n) is 3.69. The second-order valence-electron chi connectivity index (χ2n) is 2.42. The lowest BCUT2D eigenvalue weighted by Gasteiger charge is -2.19. The molecule has 0 heterocycles. The number of halogens is 8. The normalized spacial score (nSPS) is 17.2. The zero-order chi connectivity index (χ0) is 13.0. The third kappa shape index (κ3) is 5.42. The van der Waals surface area contributed by atoms with E-state index in [9.17, 15) is 26.3 Å². The predicted octanol–water partition coefficient (Wildman–Crippen LogP) is 3.27. The van der Waals surface area contributed by atoms with Gasteiger partial charge in [0.2, 0.25) is 0 Å². The summed E-state index contributed by atoms with van der Waals surface area (Å²) in [5, 5.41) is 0. The molecule has 0 spiro atoms. The molecule has 0 rings (SSSR count). The van der Waals surface area contributed by atoms with Gasteiger partial charge in [0.1, 0.15) is 0 Å². The molecule has 0 aliphatic rings. The van der Waals surface area contributed by atoms with Crippen molar-refractivity contribution in [2.24, 2.45) is 0 Å². The maximum absolute atomic E-state index is 12.3. The molecule has 0 N–H and O–H groups in total. The van der Waals surface area contributed by atoms with Crippen LogP contribution >= 0.6 is 23.2 Å². The van der Waals surface area contributed by atoms with E-state index in [0.717, 1.165) is 0 Å². The van der Waals surface area contributed by atoms with Crippen molar-refractivity contribution in [1.29, 1.82) is 0 Å². The van der Waals surface area contributed by atoms with Crippen LogP contribution in [0.25, 0.3) is 0 Å². The van der Waals surface area contributed by atoms with E-state index >= 15 is 0 Å². The molecule has 0 fully saturated rings. The average Bonchev–Trinajstić information content (AvgIpc) is 2.12. The standard InChI is InChI=1S/C6H6Cl2F6O2/c7-3(9)5(11,12)15-1-2-16-6(13,14)4(8)10/h3-4H,1-2H2. The van der Waals surface area contributed by atoms with Crippen molar-refractivity contribution in [3.05, 3.63) is 0 Å². The van der Waals surface area contributed by atoms with E-state index in [1.54, 1.807) is 0 Å². The lowest BCUT2D eigenvalue weighted by Crippen LogP contribution is -2.34. The molecular weight excluding hydrogens is 289 g/mol. The monoisotopic (exact) mass is 294 g/mol. The Balaban J connectivity index is 3.85. The number of rotatable bonds is 7. The third-order valence-corrected chi connectivity index (χ3v) is 1.69. The van der Waals surface area contributed by atoms with Crippen LogP contribution in [0.15, 0.2) is 0 Å². The number of hydrogen-bond donors (Lipinski definition) is 0. The summed E-state index contributed by atoms with van der Waals surface area (Å²) in [6, 6.07) is 0. The van der Waals surface area contributed by atoms with Gasteiger partial charge in [0.05, 0.1) is 13.2 Å². The Morgan fingerprint density at radius 3 is 1.25 bits per heavy atom. The van der Waals surface area contributed by atoms with Crippen LogP contribution in [0.3, 0.4) is 0 Å². The Kier molecular flexibility index (Phi) is 6.16. The largest absolute Gasteiger partial charge is 0.401 e. The van der Waals surface area contributed by atoms with Crippen molar-refractivity contribution >= 4 is 23.2 Å². The molecule has 0 aromatic rings. The predicted molar refractivity (Wildman–Crippen MR) is 43.3 cm³/mol. The van der Waals surface area contributed by atoms with Crippen LogP contribution in [0.5, 0.6) is 0 Å². The molecular formula is C6H6Cl2F6O2. The highest BCUT2D eigenvalue weighted by atomic mass is 35.5. The van der Waals surface area contributed by atoms with E-state index in [1.807, 2.05) is 0 Å². The van der Waals surface area contributed by atoms with Crippen LogP contribution in [-0.4, -0.2) is 36.7 Å². The molecule has 2 nitrogen and oxygen atoms in total. The van der Waals surface area contributed by atoms with Gasteiger partial charge in [-0.3, -0.25) is 0 Å². The summed E-state index contributed by atoms with van der Waals surface area (Å²) in [5.74, 6) is 0. The van der Waals surface area contributed by atoms with Gasteiger partial charge in [-0.15, -0.1) is 0 Å². The second-order valence-corrected chi connectivity index (χ2v) is 3.19. The number of hydrogen-bond acceptors (Lipinski definition) is 2. The summed E-state index contributed by atoms with van der Waals surface area (Å²) < 4.78 is 79.8. The van der Waals surface area contributed by atoms with Gasteiger partial charge < -0.3 is 9.47 Å². The van der Waals surface area contributed by atoms with E-state index < -0.39 is 36.7 Å². The summed E-state index contributed by atoms with van der Waals surface area (Å²) in [6.45, 7) is -2.22. The van der Waals surface area contributed by atoms with E-state index in [2.05, 4.69) is 32.7 Å². The molecule has 0 aromatic heterocycles. The van der Waals surface area contributed by atoms with Crippen LogP contribution in [0.1, 0.15) is 0 Å². The van der Waals surface area contributed by atoms with Crippen LogP contribution < -0.4 is 0 Å². The molecule has 98 valence electrons. The molecule has 2 unspecified atom stereocenters. The molecule has 0 saturated heterocycles. The maximum Gasteiger partial charge on any atom is 0.401 e. The van der Waals surface area contributed by atoms with Gasteiger partial charge in [-0.2, -0.15) is 17.6 Å². The quantitative estimate of drug-likeness (QED) is 0.408. The zero-order valence-corrected chi connectivity index (χ0v) is 8.92. The van der Waals surface area contributed by atoms with Crippen molar-refractivity contribution in [1.82, 2.24) is 0 Å². The molecule has 0 aliphatic heterocycles. The van der Waals surface area contributed by atoms with Crippen molar-refractivity contribution in [2.75, 3.05) is 13.2 Å². The fourth-order valence-corrected chi connectivity index (χ4v) is 0.607. The molecule has 0 aliphatic carbocycles. The first-order valence-corrected chi connectivity index (χ1v) is 4.56. The summed E-state index contributed by atoms with van der Waals surface area (Å²) in [7, 11) is 0. The van der Waals surface area contributed by atoms with Crippen molar-refractivity contribution in [3.63, 3.8) is 0 Å². The van der Waals surface area contributed by atoms with E-state index in [1.165, 1.54) is 0 Å². The molecule has 0 radical (unpaired) electrons. The van der Waals surface area contributed by atoms with Crippen LogP contribution in [0, 0.1) is 0 Å². The number of ether oxygens (including phenoxy) is 2. The topological polar surface area (TPSA) is 18.5 Å². The third-order valence-electron chi connectivity index (χ3n) is 1.18. The zero-order valence-electron chi connectivity index (χ0n) is 7.41. The highest BCUT2D eigenvalue weighted by molar-refractivity contribution is 6.20. The smallest absolute Gasteiger partial charge is 0.315 e. The average molecular weight is 295 g/mol. The Hall–Kier alpha value is 0.0800. The molecule has 2 atom stereocenters. The fourth-order valence-electron chi connectivity index (χ4n) is 0.481. The summed E-state index contributed by atoms with van der Waals surface area (Å²) in [5.41, 5.74) is -6.26. The number of alkyl halides is 8. The Morgan fingerprint density at radius 1 is 0.812 bits per heavy atom. The van der Waals surface area contributed by atoms with Gasteiger partial charge >= 0.3 is 12.2 Å². The molecule has 0 amide bonds. The minimum atomic E-state index is -4.34. The maximum atomic E-state index is 12.3. The summed E-state index contributed by atoms with van der Waals surface area (Å²) >= 11 is 8.75. The summed E-state index contributed by atoms with van der Waals surface area (Å²) in [4.78, 5) is 0. The Bertz CT molecular complexity index is 191. The van der Waals surface area contributed by atoms with E-state index in [4.69, 9.17) is 0 Å². The lowest BCUT2D eigenvalue weighted by atomic mass is 10.6. The highest BCUT2D eigenvalue weighted by Gasteiger charge is 2.42. The molecule has 0 aromatic carbocycles. The first kappa shape index (κ1) is 16.1. The SMILES string of the molecule is FC(Cl)C(F)(F)OCCOC(F)(F)C(F)Cl. The van der Waals surface area contributed by atoms with Crippen molar-refractivity contribution < 1.29 is 35.8 Å². The van der Waals surface area contributed by atoms with Gasteiger partial charge in [0.25, 0.3) is 11.3 Å². The Morgan fingerprint density at radius 2 is 1.06 bits per heavy atom. The van der Waals surface area contributed by atoms with Gasteiger partial charge in [0.15, 0.2) is 0 Å². The van der Waals surface area contributed by atoms with Crippen molar-refractivity contribution in [2.45, 2.75) is 23.5 Å². The molecule has 0 saturated carbocycles. The van der Waals surface area contributed by atoms with Gasteiger partial charge in [-0.25, -0.2) is 8.78 Å². The second kappa shape index (κ2) is 6.13. The van der Waals surface area contributed by atoms with Gasteiger partial charge in [-0.1, -0.05) is 23.2 Å². The van der Waals surface area contributed by atoms with Gasteiger partial charge in [0, 0.05) is 0 Å². The van der Waals surface area contributed by atoms with E-state index in [0.29, 0.717) is 0 Å². The molecule has 16 heavy (non-hydrogen) atoms. The first-order chi connectivity index (χ1) is 7.09. The molecule has 10 heteroatoms. The molecule has 0 bridgehead atoms. The minimum Gasteiger partial charge on any atom is -0.315 e.